The number of anilines is 1. The van der Waals surface area contributed by atoms with E-state index in [1.165, 1.54) is 12.5 Å². The number of allylic oxidation sites excluding steroid dienone is 2. The fourth-order valence-corrected chi connectivity index (χ4v) is 4.82. The molecule has 5 rings (SSSR count). The second kappa shape index (κ2) is 10.9. The van der Waals surface area contributed by atoms with E-state index in [9.17, 15) is 9.59 Å². The molecule has 1 aliphatic heterocycles. The van der Waals surface area contributed by atoms with Crippen molar-refractivity contribution < 1.29 is 9.59 Å². The highest BCUT2D eigenvalue weighted by atomic mass is 16.2. The minimum absolute atomic E-state index is 0.0967. The molecule has 2 aromatic heterocycles. The Kier molecular flexibility index (Phi) is 7.27. The minimum Gasteiger partial charge on any atom is -0.368 e. The molecule has 8 heteroatoms. The lowest BCUT2D eigenvalue weighted by Gasteiger charge is -2.36. The van der Waals surface area contributed by atoms with Crippen LogP contribution in [0.15, 0.2) is 91.3 Å². The molecule has 0 bridgehead atoms. The van der Waals surface area contributed by atoms with Crippen LogP contribution >= 0.6 is 0 Å². The highest BCUT2D eigenvalue weighted by Crippen LogP contribution is 2.38. The van der Waals surface area contributed by atoms with Gasteiger partial charge in [-0.25, -0.2) is 9.97 Å². The van der Waals surface area contributed by atoms with Gasteiger partial charge in [-0.05, 0) is 17.5 Å². The van der Waals surface area contributed by atoms with Crippen LogP contribution in [-0.4, -0.2) is 44.8 Å². The number of carbonyl (C=O) groups is 2. The number of aromatic nitrogens is 3. The smallest absolute Gasteiger partial charge is 0.278 e. The van der Waals surface area contributed by atoms with Crippen LogP contribution in [0.5, 0.6) is 0 Å². The van der Waals surface area contributed by atoms with Gasteiger partial charge in [0.1, 0.15) is 17.2 Å². The molecule has 1 aliphatic rings. The number of carbonyl (C=O) groups excluding carboxylic acids is 2. The monoisotopic (exact) mass is 520 g/mol. The Hall–Kier alpha value is -4.72. The zero-order valence-electron chi connectivity index (χ0n) is 22.3. The molecule has 0 saturated heterocycles. The van der Waals surface area contributed by atoms with Crippen molar-refractivity contribution in [1.29, 1.82) is 0 Å². The average molecular weight is 521 g/mol. The lowest BCUT2D eigenvalue weighted by atomic mass is 9.71. The molecule has 8 nitrogen and oxygen atoms in total. The lowest BCUT2D eigenvalue weighted by molar-refractivity contribution is -0.118. The first-order chi connectivity index (χ1) is 18.9. The first kappa shape index (κ1) is 25.9. The van der Waals surface area contributed by atoms with Crippen molar-refractivity contribution in [3.63, 3.8) is 0 Å². The van der Waals surface area contributed by atoms with E-state index in [1.54, 1.807) is 11.0 Å². The van der Waals surface area contributed by atoms with Gasteiger partial charge in [0.2, 0.25) is 5.91 Å². The Bertz CT molecular complexity index is 1530. The first-order valence-electron chi connectivity index (χ1n) is 13.1. The summed E-state index contributed by atoms with van der Waals surface area (Å²) in [5, 5.41) is 6.76. The van der Waals surface area contributed by atoms with Crippen LogP contribution in [0.2, 0.25) is 0 Å². The molecule has 3 N–H and O–H groups in total. The fraction of sp³-hybridized carbons (Fsp3) is 0.226. The van der Waals surface area contributed by atoms with E-state index in [0.717, 1.165) is 5.56 Å². The molecular weight excluding hydrogens is 488 g/mol. The van der Waals surface area contributed by atoms with Gasteiger partial charge in [-0.2, -0.15) is 0 Å². The summed E-state index contributed by atoms with van der Waals surface area (Å²) in [7, 11) is 0. The number of nitrogens with zero attached hydrogens (tertiary/aromatic N) is 3. The largest absolute Gasteiger partial charge is 0.368 e. The van der Waals surface area contributed by atoms with Gasteiger partial charge in [-0.15, -0.1) is 0 Å². The van der Waals surface area contributed by atoms with Gasteiger partial charge in [-0.3, -0.25) is 14.5 Å². The van der Waals surface area contributed by atoms with Crippen molar-refractivity contribution in [3.05, 3.63) is 103 Å². The summed E-state index contributed by atoms with van der Waals surface area (Å²) in [5.74, 6) is 1.13. The maximum absolute atomic E-state index is 13.6. The van der Waals surface area contributed by atoms with Gasteiger partial charge in [0.05, 0.1) is 5.39 Å². The van der Waals surface area contributed by atoms with E-state index in [2.05, 4.69) is 53.7 Å². The van der Waals surface area contributed by atoms with Crippen LogP contribution in [-0.2, 0) is 10.2 Å². The normalized spacial score (nSPS) is 14.1. The van der Waals surface area contributed by atoms with E-state index in [4.69, 9.17) is 9.97 Å². The maximum atomic E-state index is 13.6. The number of H-pyrrole nitrogens is 1. The van der Waals surface area contributed by atoms with Crippen LogP contribution in [0, 0.1) is 5.92 Å². The van der Waals surface area contributed by atoms with Crippen LogP contribution < -0.4 is 10.6 Å². The molecule has 3 heterocycles. The van der Waals surface area contributed by atoms with Gasteiger partial charge >= 0.3 is 0 Å². The predicted molar refractivity (Wildman–Crippen MR) is 154 cm³/mol. The molecule has 0 radical (unpaired) electrons. The molecule has 2 aromatic carbocycles. The summed E-state index contributed by atoms with van der Waals surface area (Å²) < 4.78 is 0. The number of hydrogen-bond donors (Lipinski definition) is 3. The third-order valence-corrected chi connectivity index (χ3v) is 7.03. The van der Waals surface area contributed by atoms with Crippen LogP contribution in [0.1, 0.15) is 36.8 Å². The van der Waals surface area contributed by atoms with Gasteiger partial charge in [-0.1, -0.05) is 86.7 Å². The number of nitrogens with one attached hydrogen (secondary N) is 3. The van der Waals surface area contributed by atoms with Gasteiger partial charge in [0.25, 0.3) is 5.91 Å². The van der Waals surface area contributed by atoms with Crippen molar-refractivity contribution >= 4 is 28.7 Å². The third kappa shape index (κ3) is 5.31. The van der Waals surface area contributed by atoms with E-state index in [1.807, 2.05) is 60.9 Å². The maximum Gasteiger partial charge on any atom is 0.278 e. The summed E-state index contributed by atoms with van der Waals surface area (Å²) in [6.07, 6.45) is 7.87. The topological polar surface area (TPSA) is 103 Å². The second-order valence-electron chi connectivity index (χ2n) is 9.91. The summed E-state index contributed by atoms with van der Waals surface area (Å²) in [6.45, 7) is 6.76. The minimum atomic E-state index is -0.292. The third-order valence-electron chi connectivity index (χ3n) is 7.03. The number of rotatable bonds is 8. The lowest BCUT2D eigenvalue weighted by Crippen LogP contribution is -2.33. The Labute approximate surface area is 227 Å². The van der Waals surface area contributed by atoms with Crippen LogP contribution in [0.3, 0.4) is 0 Å². The number of fused-ring (bicyclic) bond motifs is 1. The summed E-state index contributed by atoms with van der Waals surface area (Å²) in [6, 6.07) is 21.8. The zero-order chi connectivity index (χ0) is 27.4. The van der Waals surface area contributed by atoms with E-state index in [-0.39, 0.29) is 17.2 Å². The molecule has 198 valence electrons. The molecule has 0 aliphatic carbocycles. The van der Waals surface area contributed by atoms with Crippen molar-refractivity contribution in [2.45, 2.75) is 26.2 Å². The quantitative estimate of drug-likeness (QED) is 0.275. The van der Waals surface area contributed by atoms with Crippen molar-refractivity contribution in [1.82, 2.24) is 25.2 Å². The molecule has 4 aromatic rings. The van der Waals surface area contributed by atoms with Crippen molar-refractivity contribution in [2.75, 3.05) is 18.4 Å². The zero-order valence-corrected chi connectivity index (χ0v) is 22.3. The van der Waals surface area contributed by atoms with Gasteiger partial charge in [0, 0.05) is 43.4 Å². The Balaban J connectivity index is 1.45. The SMILES string of the molecule is CC(=O)NCCNc1nc(-c2ccccc2)nc2[nH]c(C(=O)N3C=CC(c4ccccc4)(C(C)C)C=C3)cc12. The second-order valence-corrected chi connectivity index (χ2v) is 9.91. The van der Waals surface area contributed by atoms with Crippen molar-refractivity contribution in [2.24, 2.45) is 5.92 Å². The molecule has 0 fully saturated rings. The molecule has 39 heavy (non-hydrogen) atoms. The van der Waals surface area contributed by atoms with Gasteiger partial charge in [0.15, 0.2) is 5.82 Å². The number of aromatic amines is 1. The molecule has 0 saturated carbocycles. The van der Waals surface area contributed by atoms with Crippen molar-refractivity contribution in [3.8, 4) is 11.4 Å². The van der Waals surface area contributed by atoms with Gasteiger partial charge < -0.3 is 15.6 Å². The van der Waals surface area contributed by atoms with E-state index in [0.29, 0.717) is 47.4 Å². The highest BCUT2D eigenvalue weighted by molar-refractivity contribution is 6.01. The number of hydrogen-bond acceptors (Lipinski definition) is 5. The fourth-order valence-electron chi connectivity index (χ4n) is 4.82. The summed E-state index contributed by atoms with van der Waals surface area (Å²) in [4.78, 5) is 39.1. The first-order valence-corrected chi connectivity index (χ1v) is 13.1. The molecule has 2 amide bonds. The standard InChI is InChI=1S/C31H32N6O2/c1-21(2)31(24-12-8-5-9-13-24)14-18-37(19-15-31)30(39)26-20-25-28(33-17-16-32-22(3)38)35-27(36-29(25)34-26)23-10-6-4-7-11-23/h4-15,18-21H,16-17H2,1-3H3,(H,32,38)(H2,33,34,35,36). The Morgan fingerprint density at radius 1 is 0.949 bits per heavy atom. The Morgan fingerprint density at radius 2 is 1.62 bits per heavy atom. The van der Waals surface area contributed by atoms with Crippen LogP contribution in [0.4, 0.5) is 5.82 Å². The van der Waals surface area contributed by atoms with E-state index < -0.39 is 0 Å². The average Bonchev–Trinajstić information content (AvgIpc) is 3.40. The van der Waals surface area contributed by atoms with E-state index >= 15 is 0 Å². The predicted octanol–water partition coefficient (Wildman–Crippen LogP) is 5.25. The summed E-state index contributed by atoms with van der Waals surface area (Å²) >= 11 is 0. The molecular formula is C31H32N6O2. The Morgan fingerprint density at radius 3 is 2.26 bits per heavy atom. The molecule has 0 unspecified atom stereocenters. The van der Waals surface area contributed by atoms with Crippen LogP contribution in [0.25, 0.3) is 22.4 Å². The highest BCUT2D eigenvalue weighted by Gasteiger charge is 2.33. The summed E-state index contributed by atoms with van der Waals surface area (Å²) in [5.41, 5.74) is 2.71. The number of benzene rings is 2. The number of amides is 2. The molecule has 0 atom stereocenters. The molecule has 0 spiro atoms.